The van der Waals surface area contributed by atoms with E-state index in [0.29, 0.717) is 73.0 Å². The number of carbonyl (C=O) groups excluding carboxylic acids is 3. The zero-order valence-electron chi connectivity index (χ0n) is 44.1. The van der Waals surface area contributed by atoms with Crippen molar-refractivity contribution in [2.75, 3.05) is 19.8 Å². The number of carboxylic acids is 3. The molecule has 0 saturated carbocycles. The van der Waals surface area contributed by atoms with E-state index in [1.165, 1.54) is 0 Å². The molecule has 410 valence electrons. The van der Waals surface area contributed by atoms with Crippen molar-refractivity contribution in [3.05, 3.63) is 109 Å². The van der Waals surface area contributed by atoms with Crippen molar-refractivity contribution in [1.82, 2.24) is 0 Å². The molecule has 0 bridgehead atoms. The van der Waals surface area contributed by atoms with Crippen molar-refractivity contribution < 1.29 is 72.5 Å². The van der Waals surface area contributed by atoms with Crippen LogP contribution in [0.3, 0.4) is 0 Å². The maximum absolute atomic E-state index is 13.2. The molecule has 0 saturated heterocycles. The number of carbonyl (C=O) groups is 6. The minimum Gasteiger partial charge on any atom is -0.494 e. The molecule has 0 heterocycles. The molecule has 0 aliphatic carbocycles. The number of benzene rings is 3. The minimum atomic E-state index is -2.14. The second-order valence-corrected chi connectivity index (χ2v) is 18.6. The monoisotopic (exact) mass is 1040 g/mol. The highest BCUT2D eigenvalue weighted by Gasteiger charge is 2.41. The molecule has 0 unspecified atom stereocenters. The fraction of sp³-hybridized carbons (Fsp3) is 0.500. The zero-order valence-corrected chi connectivity index (χ0v) is 44.1. The summed E-state index contributed by atoms with van der Waals surface area (Å²) in [6.07, 6.45) is 18.5. The van der Waals surface area contributed by atoms with Gasteiger partial charge < -0.3 is 43.7 Å². The summed E-state index contributed by atoms with van der Waals surface area (Å²) in [7, 11) is 0. The van der Waals surface area contributed by atoms with Crippen LogP contribution in [0.5, 0.6) is 17.2 Å². The van der Waals surface area contributed by atoms with Crippen molar-refractivity contribution in [2.24, 2.45) is 0 Å². The van der Waals surface area contributed by atoms with Crippen LogP contribution in [0.15, 0.2) is 92.5 Å². The van der Waals surface area contributed by atoms with E-state index < -0.39 is 41.8 Å². The van der Waals surface area contributed by atoms with Gasteiger partial charge in [-0.2, -0.15) is 0 Å². The molecule has 15 heteroatoms. The van der Waals surface area contributed by atoms with Gasteiger partial charge in [0.25, 0.3) is 0 Å². The number of carboxylic acid groups (broad SMARTS) is 3. The lowest BCUT2D eigenvalue weighted by Crippen LogP contribution is -2.44. The number of aliphatic carboxylic acids is 3. The van der Waals surface area contributed by atoms with Gasteiger partial charge in [0.05, 0.1) is 43.0 Å². The van der Waals surface area contributed by atoms with E-state index in [-0.39, 0.29) is 42.4 Å². The summed E-state index contributed by atoms with van der Waals surface area (Å²) in [6, 6.07) is 20.5. The van der Waals surface area contributed by atoms with Gasteiger partial charge >= 0.3 is 41.8 Å². The van der Waals surface area contributed by atoms with E-state index in [9.17, 15) is 28.8 Å². The van der Waals surface area contributed by atoms with Crippen LogP contribution in [0.25, 0.3) is 16.7 Å². The Morgan fingerprint density at radius 2 is 0.573 bits per heavy atom. The first-order valence-corrected chi connectivity index (χ1v) is 26.7. The lowest BCUT2D eigenvalue weighted by molar-refractivity contribution is -0.331. The van der Waals surface area contributed by atoms with Crippen molar-refractivity contribution in [3.8, 4) is 17.2 Å². The number of hydrogen-bond donors (Lipinski definition) is 3. The van der Waals surface area contributed by atoms with Gasteiger partial charge in [-0.1, -0.05) is 159 Å². The third-order valence-corrected chi connectivity index (χ3v) is 12.5. The molecular formula is C60H80O15. The Kier molecular flexibility index (Phi) is 30.0. The van der Waals surface area contributed by atoms with E-state index in [1.54, 1.807) is 79.7 Å². The maximum Gasteiger partial charge on any atom is 0.423 e. The lowest BCUT2D eigenvalue weighted by Gasteiger charge is -2.30. The van der Waals surface area contributed by atoms with Gasteiger partial charge in [0.2, 0.25) is 0 Å². The Balaban J connectivity index is 1.35. The molecule has 0 spiro atoms. The lowest BCUT2D eigenvalue weighted by atomic mass is 10.1. The van der Waals surface area contributed by atoms with E-state index in [2.05, 4.69) is 19.7 Å². The second-order valence-electron chi connectivity index (χ2n) is 18.6. The van der Waals surface area contributed by atoms with Gasteiger partial charge in [-0.05, 0) is 91.6 Å². The largest absolute Gasteiger partial charge is 0.494 e. The van der Waals surface area contributed by atoms with Crippen LogP contribution in [-0.2, 0) is 43.0 Å². The third kappa shape index (κ3) is 26.2. The first-order valence-electron chi connectivity index (χ1n) is 26.7. The Hall–Kier alpha value is -6.90. The van der Waals surface area contributed by atoms with Gasteiger partial charge in [-0.15, -0.1) is 0 Å². The van der Waals surface area contributed by atoms with Crippen molar-refractivity contribution in [2.45, 2.75) is 173 Å². The summed E-state index contributed by atoms with van der Waals surface area (Å²) in [5.41, 5.74) is 1.70. The van der Waals surface area contributed by atoms with E-state index in [1.807, 2.05) is 0 Å². The quantitative estimate of drug-likeness (QED) is 0.0208. The smallest absolute Gasteiger partial charge is 0.423 e. The molecule has 3 aromatic carbocycles. The van der Waals surface area contributed by atoms with Gasteiger partial charge in [0, 0.05) is 19.3 Å². The fourth-order valence-corrected chi connectivity index (χ4v) is 7.92. The van der Waals surface area contributed by atoms with Gasteiger partial charge in [0.1, 0.15) is 17.2 Å². The van der Waals surface area contributed by atoms with Crippen LogP contribution in [0.4, 0.5) is 0 Å². The summed E-state index contributed by atoms with van der Waals surface area (Å²) in [6.45, 7) is 14.0. The molecule has 0 amide bonds. The predicted molar refractivity (Wildman–Crippen MR) is 288 cm³/mol. The van der Waals surface area contributed by atoms with Crippen molar-refractivity contribution >= 4 is 52.5 Å². The normalized spacial score (nSPS) is 11.0. The predicted octanol–water partition coefficient (Wildman–Crippen LogP) is 13.6. The van der Waals surface area contributed by atoms with Crippen LogP contribution in [0, 0.1) is 0 Å². The SMILES string of the molecule is C=C(C(=O)O)c1ccc(OCCCCCCCCCC(=O)OC(CC)(OC(=O)CCCCCCCCCOc2ccc(C(=C)C(=O)O)cc2)OC(=O)CCCCCCCCCOc2ccc(C(=C)C(=O)O)cc2)cc1. The number of esters is 3. The highest BCUT2D eigenvalue weighted by atomic mass is 16.9. The molecule has 0 aliphatic rings. The molecule has 0 radical (unpaired) electrons. The summed E-state index contributed by atoms with van der Waals surface area (Å²) >= 11 is 0. The molecule has 3 aromatic rings. The van der Waals surface area contributed by atoms with E-state index in [4.69, 9.17) is 43.7 Å². The van der Waals surface area contributed by atoms with Crippen molar-refractivity contribution in [1.29, 1.82) is 0 Å². The average molecular weight is 1040 g/mol. The van der Waals surface area contributed by atoms with Gasteiger partial charge in [-0.25, -0.2) is 14.4 Å². The zero-order chi connectivity index (χ0) is 54.7. The van der Waals surface area contributed by atoms with Crippen LogP contribution in [-0.4, -0.2) is 76.9 Å². The number of ether oxygens (including phenoxy) is 6. The number of rotatable bonds is 43. The van der Waals surface area contributed by atoms with Crippen LogP contribution < -0.4 is 14.2 Å². The molecule has 3 rings (SSSR count). The molecule has 0 aromatic heterocycles. The highest BCUT2D eigenvalue weighted by Crippen LogP contribution is 2.26. The van der Waals surface area contributed by atoms with E-state index >= 15 is 0 Å². The Morgan fingerprint density at radius 3 is 0.787 bits per heavy atom. The van der Waals surface area contributed by atoms with Crippen LogP contribution >= 0.6 is 0 Å². The highest BCUT2D eigenvalue weighted by molar-refractivity contribution is 6.15. The third-order valence-electron chi connectivity index (χ3n) is 12.5. The summed E-state index contributed by atoms with van der Waals surface area (Å²) in [5.74, 6) is -5.14. The Bertz CT molecular complexity index is 2000. The van der Waals surface area contributed by atoms with Crippen molar-refractivity contribution in [3.63, 3.8) is 0 Å². The second kappa shape index (κ2) is 36.1. The molecule has 75 heavy (non-hydrogen) atoms. The average Bonchev–Trinajstić information content (AvgIpc) is 3.39. The molecular weight excluding hydrogens is 961 g/mol. The first kappa shape index (κ1) is 62.4. The van der Waals surface area contributed by atoms with Gasteiger partial charge in [0.15, 0.2) is 0 Å². The van der Waals surface area contributed by atoms with E-state index in [0.717, 1.165) is 116 Å². The molecule has 0 fully saturated rings. The molecule has 0 atom stereocenters. The summed E-state index contributed by atoms with van der Waals surface area (Å²) in [5, 5.41) is 27.3. The maximum atomic E-state index is 13.2. The van der Waals surface area contributed by atoms with Crippen LogP contribution in [0.1, 0.15) is 184 Å². The minimum absolute atomic E-state index is 0.0314. The molecule has 15 nitrogen and oxygen atoms in total. The Morgan fingerprint density at radius 1 is 0.360 bits per heavy atom. The first-order chi connectivity index (χ1) is 36.1. The topological polar surface area (TPSA) is 218 Å². The molecule has 3 N–H and O–H groups in total. The fourth-order valence-electron chi connectivity index (χ4n) is 7.92. The number of unbranched alkanes of at least 4 members (excludes halogenated alkanes) is 18. The molecule has 0 aliphatic heterocycles. The van der Waals surface area contributed by atoms with Gasteiger partial charge in [-0.3, -0.25) is 14.4 Å². The standard InChI is InChI=1S/C60H80O15/c1-5-60(73-54(61)27-21-15-9-6-12-18-24-42-70-51-36-30-48(31-37-51)45(2)57(64)65,74-55(62)28-22-16-10-7-13-19-25-43-71-52-38-32-49(33-39-52)46(3)58(66)67)75-56(63)29-23-17-11-8-14-20-26-44-72-53-40-34-50(35-41-53)47(4)59(68)69/h30-41H,2-29,42-44H2,1H3,(H,64,65)(H,66,67)(H,68,69). The Labute approximate surface area is 443 Å². The summed E-state index contributed by atoms with van der Waals surface area (Å²) < 4.78 is 34.5. The summed E-state index contributed by atoms with van der Waals surface area (Å²) in [4.78, 5) is 72.9. The number of hydrogen-bond acceptors (Lipinski definition) is 12. The van der Waals surface area contributed by atoms with Crippen LogP contribution in [0.2, 0.25) is 0 Å².